The van der Waals surface area contributed by atoms with Gasteiger partial charge in [-0.2, -0.15) is 10.2 Å². The van der Waals surface area contributed by atoms with E-state index in [9.17, 15) is 9.90 Å². The van der Waals surface area contributed by atoms with Crippen molar-refractivity contribution in [2.45, 2.75) is 5.37 Å². The van der Waals surface area contributed by atoms with Gasteiger partial charge in [0, 0.05) is 11.1 Å². The Balaban J connectivity index is 2.15. The number of hydrogen-bond donors (Lipinski definition) is 2. The van der Waals surface area contributed by atoms with Crippen LogP contribution in [0, 0.1) is 0 Å². The number of benzene rings is 1. The molecule has 0 bridgehead atoms. The molecule has 0 saturated carbocycles. The predicted octanol–water partition coefficient (Wildman–Crippen LogP) is 2.60. The molecule has 1 atom stereocenters. The van der Waals surface area contributed by atoms with Gasteiger partial charge in [0.1, 0.15) is 15.8 Å². The molecular weight excluding hydrogens is 282 g/mol. The topological polar surface area (TPSA) is 74.0 Å². The molecule has 1 aliphatic heterocycles. The number of phenols is 1. The highest BCUT2D eigenvalue weighted by atomic mass is 35.5. The quantitative estimate of drug-likeness (QED) is 0.648. The fourth-order valence-electron chi connectivity index (χ4n) is 1.12. The van der Waals surface area contributed by atoms with Crippen LogP contribution in [0.4, 0.5) is 5.69 Å². The summed E-state index contributed by atoms with van der Waals surface area (Å²) in [7, 11) is 0. The summed E-state index contributed by atoms with van der Waals surface area (Å²) >= 11 is 11.6. The second-order valence-corrected chi connectivity index (χ2v) is 5.29. The number of nitrogens with zero attached hydrogens (tertiary/aromatic N) is 2. The fraction of sp³-hybridized carbons (Fsp3) is 0.111. The van der Waals surface area contributed by atoms with Crippen molar-refractivity contribution in [1.29, 1.82) is 0 Å². The van der Waals surface area contributed by atoms with E-state index in [1.807, 2.05) is 0 Å². The Bertz CT molecular complexity index is 521. The van der Waals surface area contributed by atoms with Gasteiger partial charge >= 0.3 is 0 Å². The van der Waals surface area contributed by atoms with Crippen LogP contribution in [0.25, 0.3) is 0 Å². The number of nitrogens with one attached hydrogen (secondary N) is 1. The van der Waals surface area contributed by atoms with Gasteiger partial charge in [0.05, 0.1) is 0 Å². The highest BCUT2D eigenvalue weighted by Crippen LogP contribution is 2.30. The molecule has 2 N–H and O–H groups in total. The second kappa shape index (κ2) is 4.99. The van der Waals surface area contributed by atoms with Crippen LogP contribution in [0.2, 0.25) is 5.02 Å². The number of carbonyl (C=O) groups is 1. The predicted molar refractivity (Wildman–Crippen MR) is 69.8 cm³/mol. The lowest BCUT2D eigenvalue weighted by molar-refractivity contribution is -0.118. The van der Waals surface area contributed by atoms with E-state index in [2.05, 4.69) is 15.5 Å². The molecule has 5 nitrogen and oxygen atoms in total. The van der Waals surface area contributed by atoms with Crippen LogP contribution in [-0.4, -0.2) is 20.7 Å². The summed E-state index contributed by atoms with van der Waals surface area (Å²) in [5, 5.41) is 19.2. The number of carbonyl (C=O) groups excluding carboxylic acids is 1. The number of thiocarbonyl (C=S) groups is 1. The van der Waals surface area contributed by atoms with Crippen LogP contribution in [0.15, 0.2) is 28.4 Å². The van der Waals surface area contributed by atoms with Crippen molar-refractivity contribution >= 4 is 51.5 Å². The van der Waals surface area contributed by atoms with E-state index in [-0.39, 0.29) is 17.3 Å². The summed E-state index contributed by atoms with van der Waals surface area (Å²) < 4.78 is 0.374. The summed E-state index contributed by atoms with van der Waals surface area (Å²) in [5.74, 6) is -0.399. The molecule has 1 saturated heterocycles. The molecule has 17 heavy (non-hydrogen) atoms. The first-order valence-electron chi connectivity index (χ1n) is 4.47. The minimum Gasteiger partial charge on any atom is -0.506 e. The molecule has 1 aliphatic rings. The van der Waals surface area contributed by atoms with Crippen molar-refractivity contribution in [3.8, 4) is 5.75 Å². The molecule has 0 aliphatic carbocycles. The average molecular weight is 288 g/mol. The number of aromatic hydroxyl groups is 1. The zero-order chi connectivity index (χ0) is 12.4. The first-order chi connectivity index (χ1) is 8.06. The maximum Gasteiger partial charge on any atom is 0.262 e. The van der Waals surface area contributed by atoms with E-state index < -0.39 is 5.37 Å². The van der Waals surface area contributed by atoms with Gasteiger partial charge in [0.15, 0.2) is 0 Å². The average Bonchev–Trinajstić information content (AvgIpc) is 2.56. The van der Waals surface area contributed by atoms with E-state index in [4.69, 9.17) is 23.8 Å². The molecule has 1 unspecified atom stereocenters. The van der Waals surface area contributed by atoms with Crippen molar-refractivity contribution < 1.29 is 9.90 Å². The standard InChI is InChI=1S/C9H6ClN3O2S2/c10-4-1-2-5(6(14)3-4)12-13-8-7(15)11-9(16)17-8/h1-3,8,14H,(H,11,15,16). The molecule has 0 aromatic heterocycles. The summed E-state index contributed by atoms with van der Waals surface area (Å²) in [6.45, 7) is 0. The van der Waals surface area contributed by atoms with E-state index in [0.29, 0.717) is 9.34 Å². The molecule has 2 rings (SSSR count). The maximum atomic E-state index is 11.3. The van der Waals surface area contributed by atoms with Gasteiger partial charge in [-0.25, -0.2) is 0 Å². The van der Waals surface area contributed by atoms with E-state index >= 15 is 0 Å². The molecule has 1 amide bonds. The first-order valence-corrected chi connectivity index (χ1v) is 6.14. The highest BCUT2D eigenvalue weighted by molar-refractivity contribution is 8.24. The molecule has 8 heteroatoms. The normalized spacial score (nSPS) is 19.9. The fourth-order valence-corrected chi connectivity index (χ4v) is 2.28. The highest BCUT2D eigenvalue weighted by Gasteiger charge is 2.28. The van der Waals surface area contributed by atoms with Crippen LogP contribution < -0.4 is 5.32 Å². The zero-order valence-electron chi connectivity index (χ0n) is 8.25. The number of azo groups is 1. The third kappa shape index (κ3) is 2.93. The number of phenolic OH excluding ortho intramolecular Hbond substituents is 1. The smallest absolute Gasteiger partial charge is 0.262 e. The van der Waals surface area contributed by atoms with E-state index in [1.54, 1.807) is 6.07 Å². The lowest BCUT2D eigenvalue weighted by Crippen LogP contribution is -2.22. The third-order valence-corrected chi connectivity index (χ3v) is 3.35. The van der Waals surface area contributed by atoms with Gasteiger partial charge in [-0.15, -0.1) is 0 Å². The van der Waals surface area contributed by atoms with Crippen LogP contribution in [-0.2, 0) is 4.79 Å². The summed E-state index contributed by atoms with van der Waals surface area (Å²) in [5.41, 5.74) is 0.251. The second-order valence-electron chi connectivity index (χ2n) is 3.10. The lowest BCUT2D eigenvalue weighted by Gasteiger charge is -1.99. The summed E-state index contributed by atoms with van der Waals surface area (Å²) in [6, 6.07) is 4.43. The number of rotatable bonds is 2. The molecular formula is C9H6ClN3O2S2. The summed E-state index contributed by atoms with van der Waals surface area (Å²) in [6.07, 6.45) is 0. The molecule has 1 fully saturated rings. The van der Waals surface area contributed by atoms with Gasteiger partial charge in [-0.1, -0.05) is 35.6 Å². The Kier molecular flexibility index (Phi) is 3.60. The Morgan fingerprint density at radius 1 is 1.53 bits per heavy atom. The Labute approximate surface area is 111 Å². The van der Waals surface area contributed by atoms with Gasteiger partial charge in [-0.3, -0.25) is 4.79 Å². The van der Waals surface area contributed by atoms with Crippen molar-refractivity contribution in [3.05, 3.63) is 23.2 Å². The van der Waals surface area contributed by atoms with Gasteiger partial charge in [0.2, 0.25) is 5.37 Å². The minimum absolute atomic E-state index is 0.0905. The van der Waals surface area contributed by atoms with Crippen LogP contribution >= 0.6 is 35.6 Å². The zero-order valence-corrected chi connectivity index (χ0v) is 10.6. The maximum absolute atomic E-state index is 11.3. The van der Waals surface area contributed by atoms with Crippen LogP contribution in [0.3, 0.4) is 0 Å². The van der Waals surface area contributed by atoms with Crippen molar-refractivity contribution in [2.24, 2.45) is 10.2 Å². The molecule has 1 aromatic rings. The van der Waals surface area contributed by atoms with E-state index in [1.165, 1.54) is 12.1 Å². The molecule has 0 radical (unpaired) electrons. The van der Waals surface area contributed by atoms with Gasteiger partial charge < -0.3 is 10.4 Å². The van der Waals surface area contributed by atoms with Crippen molar-refractivity contribution in [1.82, 2.24) is 5.32 Å². The van der Waals surface area contributed by atoms with Gasteiger partial charge in [-0.05, 0) is 12.1 Å². The lowest BCUT2D eigenvalue weighted by atomic mass is 10.3. The molecule has 88 valence electrons. The van der Waals surface area contributed by atoms with Crippen LogP contribution in [0.1, 0.15) is 0 Å². The molecule has 0 spiro atoms. The monoisotopic (exact) mass is 287 g/mol. The Hall–Kier alpha value is -1.18. The third-order valence-electron chi connectivity index (χ3n) is 1.88. The van der Waals surface area contributed by atoms with Crippen LogP contribution in [0.5, 0.6) is 5.75 Å². The largest absolute Gasteiger partial charge is 0.506 e. The number of halogens is 1. The Morgan fingerprint density at radius 3 is 2.88 bits per heavy atom. The Morgan fingerprint density at radius 2 is 2.29 bits per heavy atom. The van der Waals surface area contributed by atoms with Crippen molar-refractivity contribution in [2.75, 3.05) is 0 Å². The molecule has 1 aromatic carbocycles. The van der Waals surface area contributed by atoms with Gasteiger partial charge in [0.25, 0.3) is 5.91 Å². The molecule has 1 heterocycles. The van der Waals surface area contributed by atoms with Crippen molar-refractivity contribution in [3.63, 3.8) is 0 Å². The van der Waals surface area contributed by atoms with E-state index in [0.717, 1.165) is 11.8 Å². The number of thioether (sulfide) groups is 1. The number of hydrogen-bond acceptors (Lipinski definition) is 6. The minimum atomic E-state index is -0.697. The summed E-state index contributed by atoms with van der Waals surface area (Å²) in [4.78, 5) is 11.3. The SMILES string of the molecule is O=C1NC(=S)SC1N=Nc1ccc(Cl)cc1O. The number of amides is 1. The first kappa shape index (κ1) is 12.3.